The van der Waals surface area contributed by atoms with Crippen molar-refractivity contribution < 1.29 is 8.78 Å². The highest BCUT2D eigenvalue weighted by Gasteiger charge is 2.26. The summed E-state index contributed by atoms with van der Waals surface area (Å²) in [7, 11) is 0. The van der Waals surface area contributed by atoms with Gasteiger partial charge in [-0.2, -0.15) is 5.21 Å². The Kier molecular flexibility index (Phi) is 8.10. The summed E-state index contributed by atoms with van der Waals surface area (Å²) in [6, 6.07) is 15.7. The van der Waals surface area contributed by atoms with E-state index in [-0.39, 0.29) is 17.9 Å². The fourth-order valence-electron chi connectivity index (χ4n) is 5.75. The van der Waals surface area contributed by atoms with E-state index in [1.807, 2.05) is 55.5 Å². The Labute approximate surface area is 220 Å². The lowest BCUT2D eigenvalue weighted by Crippen LogP contribution is -2.27. The molecular weight excluding hydrogens is 486 g/mol. The summed E-state index contributed by atoms with van der Waals surface area (Å²) in [4.78, 5) is 13.5. The van der Waals surface area contributed by atoms with Crippen LogP contribution in [0, 0.1) is 5.92 Å². The number of tetrazole rings is 1. The Morgan fingerprint density at radius 2 is 1.74 bits per heavy atom. The van der Waals surface area contributed by atoms with Gasteiger partial charge in [-0.3, -0.25) is 9.13 Å². The number of H-pyrrole nitrogens is 1. The fourth-order valence-corrected chi connectivity index (χ4v) is 5.75. The molecule has 1 fully saturated rings. The summed E-state index contributed by atoms with van der Waals surface area (Å²) in [6.45, 7) is 2.58. The van der Waals surface area contributed by atoms with Crippen LogP contribution >= 0.6 is 0 Å². The SMILES string of the molecule is CCCc1c(C(F)F)n(CCC2CCCCC2)c(=O)n1Cc1ccc(-c2ccccc2-c2nn[nH]n2)cc1. The number of imidazole rings is 1. The Morgan fingerprint density at radius 1 is 1.00 bits per heavy atom. The van der Waals surface area contributed by atoms with E-state index in [0.717, 1.165) is 41.5 Å². The topological polar surface area (TPSA) is 81.4 Å². The van der Waals surface area contributed by atoms with Crippen LogP contribution in [0.15, 0.2) is 53.3 Å². The largest absolute Gasteiger partial charge is 0.329 e. The van der Waals surface area contributed by atoms with Crippen LogP contribution in [0.1, 0.15) is 75.2 Å². The van der Waals surface area contributed by atoms with Crippen LogP contribution in [-0.4, -0.2) is 29.8 Å². The summed E-state index contributed by atoms with van der Waals surface area (Å²) < 4.78 is 31.6. The Balaban J connectivity index is 1.43. The van der Waals surface area contributed by atoms with E-state index in [4.69, 9.17) is 0 Å². The van der Waals surface area contributed by atoms with E-state index in [9.17, 15) is 13.6 Å². The summed E-state index contributed by atoms with van der Waals surface area (Å²) in [5.74, 6) is 1.02. The quantitative estimate of drug-likeness (QED) is 0.262. The molecule has 2 aromatic heterocycles. The van der Waals surface area contributed by atoms with Crippen molar-refractivity contribution in [3.8, 4) is 22.5 Å². The van der Waals surface area contributed by atoms with Gasteiger partial charge in [0.05, 0.1) is 6.54 Å². The van der Waals surface area contributed by atoms with Gasteiger partial charge >= 0.3 is 5.69 Å². The third kappa shape index (κ3) is 5.47. The first kappa shape index (κ1) is 26.0. The maximum Gasteiger partial charge on any atom is 0.329 e. The molecule has 5 rings (SSSR count). The number of rotatable bonds is 10. The van der Waals surface area contributed by atoms with Gasteiger partial charge in [0.2, 0.25) is 5.82 Å². The molecule has 38 heavy (non-hydrogen) atoms. The standard InChI is InChI=1S/C29H34F2N6O/c1-2-8-25-26(27(30)31)36(18-17-20-9-4-3-5-10-20)29(38)37(25)19-21-13-15-22(16-14-21)23-11-6-7-12-24(23)28-32-34-35-33-28/h6-7,11-16,20,27H,2-5,8-10,17-19H2,1H3,(H,32,33,34,35). The van der Waals surface area contributed by atoms with E-state index in [2.05, 4.69) is 20.6 Å². The molecule has 0 saturated heterocycles. The second kappa shape index (κ2) is 11.8. The van der Waals surface area contributed by atoms with Gasteiger partial charge in [-0.25, -0.2) is 13.6 Å². The van der Waals surface area contributed by atoms with Gasteiger partial charge in [-0.15, -0.1) is 10.2 Å². The zero-order chi connectivity index (χ0) is 26.5. The van der Waals surface area contributed by atoms with Gasteiger partial charge in [-0.1, -0.05) is 94.0 Å². The van der Waals surface area contributed by atoms with Gasteiger partial charge in [0, 0.05) is 17.8 Å². The molecule has 200 valence electrons. The van der Waals surface area contributed by atoms with Gasteiger partial charge in [0.15, 0.2) is 0 Å². The molecule has 0 radical (unpaired) electrons. The van der Waals surface area contributed by atoms with Crippen LogP contribution in [0.5, 0.6) is 0 Å². The summed E-state index contributed by atoms with van der Waals surface area (Å²) in [6.07, 6.45) is 5.13. The van der Waals surface area contributed by atoms with Crippen LogP contribution in [-0.2, 0) is 19.5 Å². The predicted molar refractivity (Wildman–Crippen MR) is 143 cm³/mol. The average Bonchev–Trinajstić information content (AvgIpc) is 3.56. The molecule has 1 saturated carbocycles. The van der Waals surface area contributed by atoms with E-state index < -0.39 is 6.43 Å². The van der Waals surface area contributed by atoms with Crippen molar-refractivity contribution in [2.24, 2.45) is 5.92 Å². The smallest absolute Gasteiger partial charge is 0.291 e. The molecule has 0 aliphatic heterocycles. The predicted octanol–water partition coefficient (Wildman–Crippen LogP) is 6.41. The Bertz CT molecular complexity index is 1390. The Morgan fingerprint density at radius 3 is 2.39 bits per heavy atom. The average molecular weight is 521 g/mol. The van der Waals surface area contributed by atoms with Crippen LogP contribution < -0.4 is 5.69 Å². The molecule has 0 amide bonds. The summed E-state index contributed by atoms with van der Waals surface area (Å²) in [5, 5.41) is 14.4. The molecule has 9 heteroatoms. The zero-order valence-corrected chi connectivity index (χ0v) is 21.7. The monoisotopic (exact) mass is 520 g/mol. The molecule has 2 heterocycles. The van der Waals surface area contributed by atoms with Crippen LogP contribution in [0.3, 0.4) is 0 Å². The molecule has 1 aliphatic carbocycles. The van der Waals surface area contributed by atoms with Crippen molar-refractivity contribution in [1.29, 1.82) is 0 Å². The van der Waals surface area contributed by atoms with Gasteiger partial charge in [-0.05, 0) is 40.7 Å². The van der Waals surface area contributed by atoms with Crippen LogP contribution in [0.2, 0.25) is 0 Å². The number of alkyl halides is 2. The lowest BCUT2D eigenvalue weighted by Gasteiger charge is -2.21. The number of aromatic nitrogens is 6. The Hall–Kier alpha value is -3.62. The van der Waals surface area contributed by atoms with Crippen molar-refractivity contribution in [3.63, 3.8) is 0 Å². The number of hydrogen-bond donors (Lipinski definition) is 1. The van der Waals surface area contributed by atoms with Crippen molar-refractivity contribution in [2.75, 3.05) is 0 Å². The lowest BCUT2D eigenvalue weighted by molar-refractivity contribution is 0.138. The van der Waals surface area contributed by atoms with Gasteiger partial charge in [0.1, 0.15) is 5.69 Å². The minimum atomic E-state index is -2.68. The summed E-state index contributed by atoms with van der Waals surface area (Å²) in [5.41, 5.74) is 3.70. The molecule has 7 nitrogen and oxygen atoms in total. The first-order valence-electron chi connectivity index (χ1n) is 13.6. The van der Waals surface area contributed by atoms with Gasteiger partial charge in [0.25, 0.3) is 6.43 Å². The first-order chi connectivity index (χ1) is 18.6. The number of halogens is 2. The maximum absolute atomic E-state index is 14.3. The zero-order valence-electron chi connectivity index (χ0n) is 21.7. The molecule has 0 unspecified atom stereocenters. The van der Waals surface area contributed by atoms with Crippen molar-refractivity contribution >= 4 is 0 Å². The molecule has 4 aromatic rings. The van der Waals surface area contributed by atoms with Crippen molar-refractivity contribution in [3.05, 3.63) is 76.0 Å². The summed E-state index contributed by atoms with van der Waals surface area (Å²) >= 11 is 0. The number of hydrogen-bond acceptors (Lipinski definition) is 4. The molecular formula is C29H34F2N6O. The normalized spacial score (nSPS) is 14.4. The highest BCUT2D eigenvalue weighted by atomic mass is 19.3. The molecule has 0 spiro atoms. The molecule has 0 atom stereocenters. The van der Waals surface area contributed by atoms with Crippen LogP contribution in [0.4, 0.5) is 8.78 Å². The number of aromatic amines is 1. The fraction of sp³-hybridized carbons (Fsp3) is 0.448. The third-order valence-corrected chi connectivity index (χ3v) is 7.67. The number of nitrogens with one attached hydrogen (secondary N) is 1. The highest BCUT2D eigenvalue weighted by Crippen LogP contribution is 2.31. The molecule has 2 aromatic carbocycles. The minimum Gasteiger partial charge on any atom is -0.291 e. The van der Waals surface area contributed by atoms with E-state index in [1.54, 1.807) is 4.57 Å². The van der Waals surface area contributed by atoms with E-state index in [0.29, 0.717) is 36.8 Å². The second-order valence-electron chi connectivity index (χ2n) is 10.2. The second-order valence-corrected chi connectivity index (χ2v) is 10.2. The molecule has 0 bridgehead atoms. The third-order valence-electron chi connectivity index (χ3n) is 7.67. The lowest BCUT2D eigenvalue weighted by atomic mass is 9.87. The number of benzene rings is 2. The maximum atomic E-state index is 14.3. The van der Waals surface area contributed by atoms with Crippen LogP contribution in [0.25, 0.3) is 22.5 Å². The van der Waals surface area contributed by atoms with Crippen molar-refractivity contribution in [1.82, 2.24) is 29.8 Å². The molecule has 1 aliphatic rings. The number of nitrogens with zero attached hydrogens (tertiary/aromatic N) is 5. The van der Waals surface area contributed by atoms with E-state index >= 15 is 0 Å². The minimum absolute atomic E-state index is 0.0988. The molecule has 1 N–H and O–H groups in total. The van der Waals surface area contributed by atoms with Gasteiger partial charge < -0.3 is 0 Å². The van der Waals surface area contributed by atoms with Crippen molar-refractivity contribution in [2.45, 2.75) is 77.8 Å². The first-order valence-corrected chi connectivity index (χ1v) is 13.6. The highest BCUT2D eigenvalue weighted by molar-refractivity contribution is 5.80. The van der Waals surface area contributed by atoms with E-state index in [1.165, 1.54) is 23.8 Å².